The van der Waals surface area contributed by atoms with Gasteiger partial charge in [0.25, 0.3) is 0 Å². The van der Waals surface area contributed by atoms with Crippen LogP contribution in [0.3, 0.4) is 0 Å². The molecule has 0 saturated heterocycles. The SMILES string of the molecule is NS(=O)(=O)c1cnc(NCc2cnn(-c3ccccc3)c2)s1. The van der Waals surface area contributed by atoms with Crippen molar-refractivity contribution in [3.05, 3.63) is 54.5 Å². The van der Waals surface area contributed by atoms with Crippen molar-refractivity contribution in [3.63, 3.8) is 0 Å². The van der Waals surface area contributed by atoms with Gasteiger partial charge in [0, 0.05) is 18.3 Å². The third-order valence-electron chi connectivity index (χ3n) is 2.87. The lowest BCUT2D eigenvalue weighted by atomic mass is 10.3. The molecule has 3 rings (SSSR count). The van der Waals surface area contributed by atoms with Crippen molar-refractivity contribution < 1.29 is 8.42 Å². The summed E-state index contributed by atoms with van der Waals surface area (Å²) in [6, 6.07) is 9.76. The fraction of sp³-hybridized carbons (Fsp3) is 0.0769. The van der Waals surface area contributed by atoms with Crippen LogP contribution in [0.2, 0.25) is 0 Å². The predicted octanol–water partition coefficient (Wildman–Crippen LogP) is 1.59. The van der Waals surface area contributed by atoms with E-state index < -0.39 is 10.0 Å². The summed E-state index contributed by atoms with van der Waals surface area (Å²) >= 11 is 1.000. The Labute approximate surface area is 131 Å². The van der Waals surface area contributed by atoms with Crippen LogP contribution in [0.5, 0.6) is 0 Å². The van der Waals surface area contributed by atoms with E-state index in [1.807, 2.05) is 36.5 Å². The monoisotopic (exact) mass is 335 g/mol. The van der Waals surface area contributed by atoms with Crippen molar-refractivity contribution in [2.45, 2.75) is 10.8 Å². The molecule has 0 unspecified atom stereocenters. The second kappa shape index (κ2) is 5.87. The first-order valence-corrected chi connectivity index (χ1v) is 8.70. The zero-order chi connectivity index (χ0) is 15.6. The standard InChI is InChI=1S/C13H13N5O2S2/c14-22(19,20)12-8-16-13(21-12)15-6-10-7-17-18(9-10)11-4-2-1-3-5-11/h1-5,7-9H,6H2,(H,15,16)(H2,14,19,20). The highest BCUT2D eigenvalue weighted by Gasteiger charge is 2.12. The van der Waals surface area contributed by atoms with Gasteiger partial charge < -0.3 is 5.32 Å². The quantitative estimate of drug-likeness (QED) is 0.737. The molecule has 0 atom stereocenters. The van der Waals surface area contributed by atoms with E-state index in [1.165, 1.54) is 6.20 Å². The number of nitrogens with one attached hydrogen (secondary N) is 1. The van der Waals surface area contributed by atoms with Crippen molar-refractivity contribution in [2.75, 3.05) is 5.32 Å². The molecule has 3 aromatic rings. The summed E-state index contributed by atoms with van der Waals surface area (Å²) in [5.74, 6) is 0. The Morgan fingerprint density at radius 2 is 2.00 bits per heavy atom. The first kappa shape index (κ1) is 14.7. The summed E-state index contributed by atoms with van der Waals surface area (Å²) in [6.07, 6.45) is 4.89. The van der Waals surface area contributed by atoms with E-state index in [4.69, 9.17) is 5.14 Å². The van der Waals surface area contributed by atoms with Crippen molar-refractivity contribution in [1.82, 2.24) is 14.8 Å². The van der Waals surface area contributed by atoms with Gasteiger partial charge in [-0.25, -0.2) is 23.2 Å². The normalized spacial score (nSPS) is 11.5. The Hall–Kier alpha value is -2.23. The van der Waals surface area contributed by atoms with Crippen LogP contribution in [0.15, 0.2) is 53.1 Å². The van der Waals surface area contributed by atoms with Crippen LogP contribution >= 0.6 is 11.3 Å². The van der Waals surface area contributed by atoms with Crippen molar-refractivity contribution in [1.29, 1.82) is 0 Å². The molecule has 2 heterocycles. The number of primary sulfonamides is 1. The number of para-hydroxylation sites is 1. The van der Waals surface area contributed by atoms with Gasteiger partial charge in [0.1, 0.15) is 0 Å². The maximum absolute atomic E-state index is 11.2. The molecule has 0 amide bonds. The van der Waals surface area contributed by atoms with Crippen LogP contribution in [0, 0.1) is 0 Å². The lowest BCUT2D eigenvalue weighted by molar-refractivity contribution is 0.599. The molecule has 0 fully saturated rings. The summed E-state index contributed by atoms with van der Waals surface area (Å²) in [7, 11) is -3.70. The number of sulfonamides is 1. The number of nitrogens with two attached hydrogens (primary N) is 1. The van der Waals surface area contributed by atoms with E-state index in [2.05, 4.69) is 15.4 Å². The van der Waals surface area contributed by atoms with Gasteiger partial charge in [-0.1, -0.05) is 29.5 Å². The van der Waals surface area contributed by atoms with Gasteiger partial charge in [0.15, 0.2) is 9.34 Å². The molecule has 0 bridgehead atoms. The highest BCUT2D eigenvalue weighted by molar-refractivity contribution is 7.91. The second-order valence-corrected chi connectivity index (χ2v) is 7.33. The second-order valence-electron chi connectivity index (χ2n) is 4.51. The molecule has 3 N–H and O–H groups in total. The number of hydrogen-bond acceptors (Lipinski definition) is 6. The Morgan fingerprint density at radius 3 is 2.68 bits per heavy atom. The van der Waals surface area contributed by atoms with E-state index in [-0.39, 0.29) is 4.21 Å². The maximum atomic E-state index is 11.2. The Bertz CT molecular complexity index is 871. The molecule has 0 saturated carbocycles. The van der Waals surface area contributed by atoms with Crippen molar-refractivity contribution in [3.8, 4) is 5.69 Å². The molecule has 114 valence electrons. The number of hydrogen-bond donors (Lipinski definition) is 2. The summed E-state index contributed by atoms with van der Waals surface area (Å²) in [4.78, 5) is 3.98. The topological polar surface area (TPSA) is 103 Å². The summed E-state index contributed by atoms with van der Waals surface area (Å²) in [5.41, 5.74) is 1.93. The largest absolute Gasteiger partial charge is 0.357 e. The Morgan fingerprint density at radius 1 is 1.23 bits per heavy atom. The van der Waals surface area contributed by atoms with E-state index in [1.54, 1.807) is 10.9 Å². The molecule has 2 aromatic heterocycles. The fourth-order valence-electron chi connectivity index (χ4n) is 1.82. The molecule has 1 aromatic carbocycles. The van der Waals surface area contributed by atoms with Gasteiger partial charge in [-0.15, -0.1) is 0 Å². The van der Waals surface area contributed by atoms with Crippen LogP contribution in [0.4, 0.5) is 5.13 Å². The zero-order valence-electron chi connectivity index (χ0n) is 11.4. The minimum atomic E-state index is -3.70. The number of rotatable bonds is 5. The van der Waals surface area contributed by atoms with Crippen LogP contribution in [-0.4, -0.2) is 23.2 Å². The molecule has 0 aliphatic carbocycles. The number of nitrogens with zero attached hydrogens (tertiary/aromatic N) is 3. The number of aromatic nitrogens is 3. The molecular weight excluding hydrogens is 322 g/mol. The van der Waals surface area contributed by atoms with Crippen LogP contribution in [0.25, 0.3) is 5.69 Å². The van der Waals surface area contributed by atoms with E-state index in [0.29, 0.717) is 11.7 Å². The van der Waals surface area contributed by atoms with Gasteiger partial charge in [-0.2, -0.15) is 5.10 Å². The average Bonchev–Trinajstić information content (AvgIpc) is 3.15. The van der Waals surface area contributed by atoms with Gasteiger partial charge in [-0.05, 0) is 12.1 Å². The van der Waals surface area contributed by atoms with Gasteiger partial charge in [0.2, 0.25) is 10.0 Å². The van der Waals surface area contributed by atoms with Gasteiger partial charge >= 0.3 is 0 Å². The summed E-state index contributed by atoms with van der Waals surface area (Å²) < 4.78 is 24.2. The fourth-order valence-corrected chi connectivity index (χ4v) is 3.27. The Balaban J connectivity index is 1.68. The first-order chi connectivity index (χ1) is 10.5. The third kappa shape index (κ3) is 3.32. The van der Waals surface area contributed by atoms with Crippen molar-refractivity contribution >= 4 is 26.5 Å². The molecule has 0 aliphatic rings. The number of anilines is 1. The predicted molar refractivity (Wildman–Crippen MR) is 84.4 cm³/mol. The highest BCUT2D eigenvalue weighted by atomic mass is 32.2. The zero-order valence-corrected chi connectivity index (χ0v) is 13.0. The van der Waals surface area contributed by atoms with E-state index in [0.717, 1.165) is 22.6 Å². The summed E-state index contributed by atoms with van der Waals surface area (Å²) in [6.45, 7) is 0.490. The van der Waals surface area contributed by atoms with Crippen LogP contribution in [0.1, 0.15) is 5.56 Å². The van der Waals surface area contributed by atoms with E-state index in [9.17, 15) is 8.42 Å². The number of benzene rings is 1. The van der Waals surface area contributed by atoms with Gasteiger partial charge in [-0.3, -0.25) is 0 Å². The lowest BCUT2D eigenvalue weighted by Gasteiger charge is -2.00. The maximum Gasteiger partial charge on any atom is 0.249 e. The molecule has 7 nitrogen and oxygen atoms in total. The number of thiazole rings is 1. The molecule has 0 aliphatic heterocycles. The Kier molecular flexibility index (Phi) is 3.92. The lowest BCUT2D eigenvalue weighted by Crippen LogP contribution is -2.09. The van der Waals surface area contributed by atoms with Crippen molar-refractivity contribution in [2.24, 2.45) is 5.14 Å². The van der Waals surface area contributed by atoms with Gasteiger partial charge in [0.05, 0.1) is 18.1 Å². The molecule has 9 heteroatoms. The minimum Gasteiger partial charge on any atom is -0.357 e. The first-order valence-electron chi connectivity index (χ1n) is 6.34. The molecule has 0 radical (unpaired) electrons. The van der Waals surface area contributed by atoms with Crippen LogP contribution in [-0.2, 0) is 16.6 Å². The minimum absolute atomic E-state index is 0.0370. The molecular formula is C13H13N5O2S2. The average molecular weight is 335 g/mol. The van der Waals surface area contributed by atoms with E-state index >= 15 is 0 Å². The smallest absolute Gasteiger partial charge is 0.249 e. The molecule has 0 spiro atoms. The third-order valence-corrected chi connectivity index (χ3v) is 5.23. The molecule has 22 heavy (non-hydrogen) atoms. The highest BCUT2D eigenvalue weighted by Crippen LogP contribution is 2.22. The van der Waals surface area contributed by atoms with Crippen LogP contribution < -0.4 is 10.5 Å². The summed E-state index contributed by atoms with van der Waals surface area (Å²) in [5, 5.41) is 12.9.